The number of thiazole rings is 1. The maximum absolute atomic E-state index is 13.1. The van der Waals surface area contributed by atoms with Crippen molar-refractivity contribution in [3.8, 4) is 17.0 Å². The van der Waals surface area contributed by atoms with Crippen molar-refractivity contribution in [3.63, 3.8) is 0 Å². The SMILES string of the molecule is CCC1Oc2ccc(-c3nc(C)sc3C)cc2N(CC(=O)Nc2ccccc2Br)C1=O. The van der Waals surface area contributed by atoms with Crippen LogP contribution in [0.1, 0.15) is 23.2 Å². The Bertz CT molecular complexity index is 1160. The van der Waals surface area contributed by atoms with Gasteiger partial charge in [0, 0.05) is 14.9 Å². The number of benzene rings is 2. The van der Waals surface area contributed by atoms with Crippen molar-refractivity contribution < 1.29 is 14.3 Å². The minimum Gasteiger partial charge on any atom is -0.478 e. The Kier molecular flexibility index (Phi) is 6.11. The van der Waals surface area contributed by atoms with E-state index in [4.69, 9.17) is 4.74 Å². The number of amides is 2. The van der Waals surface area contributed by atoms with E-state index in [-0.39, 0.29) is 18.4 Å². The molecule has 2 heterocycles. The van der Waals surface area contributed by atoms with Gasteiger partial charge >= 0.3 is 0 Å². The van der Waals surface area contributed by atoms with E-state index in [1.54, 1.807) is 17.4 Å². The summed E-state index contributed by atoms with van der Waals surface area (Å²) in [5.74, 6) is 0.0862. The predicted octanol–water partition coefficient (Wildman–Crippen LogP) is 5.33. The molecular weight excluding hydrogens is 478 g/mol. The van der Waals surface area contributed by atoms with E-state index in [9.17, 15) is 9.59 Å². The molecule has 6 nitrogen and oxygen atoms in total. The molecular formula is C23H22BrN3O3S. The smallest absolute Gasteiger partial charge is 0.268 e. The number of hydrogen-bond acceptors (Lipinski definition) is 5. The number of fused-ring (bicyclic) bond motifs is 1. The third-order valence-electron chi connectivity index (χ3n) is 5.06. The van der Waals surface area contributed by atoms with Gasteiger partial charge in [0.1, 0.15) is 12.3 Å². The molecule has 1 N–H and O–H groups in total. The lowest BCUT2D eigenvalue weighted by Crippen LogP contribution is -2.48. The number of aryl methyl sites for hydroxylation is 2. The first kappa shape index (κ1) is 21.5. The summed E-state index contributed by atoms with van der Waals surface area (Å²) < 4.78 is 6.70. The Labute approximate surface area is 193 Å². The lowest BCUT2D eigenvalue weighted by molar-refractivity contribution is -0.128. The van der Waals surface area contributed by atoms with Gasteiger partial charge in [0.05, 0.1) is 22.1 Å². The van der Waals surface area contributed by atoms with Gasteiger partial charge in [0.2, 0.25) is 5.91 Å². The predicted molar refractivity (Wildman–Crippen MR) is 127 cm³/mol. The minimum absolute atomic E-state index is 0.106. The van der Waals surface area contributed by atoms with Crippen LogP contribution in [-0.4, -0.2) is 29.4 Å². The number of hydrogen-bond donors (Lipinski definition) is 1. The Morgan fingerprint density at radius 2 is 2.03 bits per heavy atom. The summed E-state index contributed by atoms with van der Waals surface area (Å²) in [5, 5.41) is 3.85. The number of anilines is 2. The zero-order valence-corrected chi connectivity index (χ0v) is 19.8. The van der Waals surface area contributed by atoms with Crippen LogP contribution in [0.5, 0.6) is 5.75 Å². The summed E-state index contributed by atoms with van der Waals surface area (Å²) in [6.07, 6.45) is -0.0925. The van der Waals surface area contributed by atoms with Crippen molar-refractivity contribution in [3.05, 3.63) is 56.8 Å². The molecule has 1 aliphatic rings. The zero-order chi connectivity index (χ0) is 22.1. The summed E-state index contributed by atoms with van der Waals surface area (Å²) in [4.78, 5) is 33.1. The van der Waals surface area contributed by atoms with Crippen LogP contribution in [0.25, 0.3) is 11.3 Å². The molecule has 1 atom stereocenters. The van der Waals surface area contributed by atoms with Crippen LogP contribution in [0, 0.1) is 13.8 Å². The molecule has 3 aromatic rings. The van der Waals surface area contributed by atoms with Gasteiger partial charge in [-0.1, -0.05) is 19.1 Å². The summed E-state index contributed by atoms with van der Waals surface area (Å²) >= 11 is 5.06. The van der Waals surface area contributed by atoms with Crippen LogP contribution in [0.3, 0.4) is 0 Å². The highest BCUT2D eigenvalue weighted by atomic mass is 79.9. The van der Waals surface area contributed by atoms with Gasteiger partial charge in [0.25, 0.3) is 5.91 Å². The average molecular weight is 500 g/mol. The Morgan fingerprint density at radius 3 is 2.71 bits per heavy atom. The first-order valence-electron chi connectivity index (χ1n) is 9.98. The van der Waals surface area contributed by atoms with E-state index >= 15 is 0 Å². The maximum atomic E-state index is 13.1. The fraction of sp³-hybridized carbons (Fsp3) is 0.261. The molecule has 0 fully saturated rings. The van der Waals surface area contributed by atoms with Crippen LogP contribution < -0.4 is 15.0 Å². The van der Waals surface area contributed by atoms with E-state index in [2.05, 4.69) is 26.2 Å². The van der Waals surface area contributed by atoms with E-state index in [0.29, 0.717) is 23.5 Å². The van der Waals surface area contributed by atoms with E-state index < -0.39 is 6.10 Å². The maximum Gasteiger partial charge on any atom is 0.268 e. The first-order valence-corrected chi connectivity index (χ1v) is 11.6. The number of aromatic nitrogens is 1. The highest BCUT2D eigenvalue weighted by molar-refractivity contribution is 9.10. The van der Waals surface area contributed by atoms with Gasteiger partial charge < -0.3 is 10.1 Å². The molecule has 0 saturated heterocycles. The van der Waals surface area contributed by atoms with Crippen LogP contribution >= 0.6 is 27.3 Å². The van der Waals surface area contributed by atoms with Crippen LogP contribution in [0.4, 0.5) is 11.4 Å². The molecule has 0 spiro atoms. The average Bonchev–Trinajstić information content (AvgIpc) is 3.09. The molecule has 0 saturated carbocycles. The molecule has 8 heteroatoms. The van der Waals surface area contributed by atoms with E-state index in [1.807, 2.05) is 57.2 Å². The normalized spacial score (nSPS) is 15.4. The summed E-state index contributed by atoms with van der Waals surface area (Å²) in [6.45, 7) is 5.78. The van der Waals surface area contributed by atoms with Crippen LogP contribution in [0.2, 0.25) is 0 Å². The molecule has 0 bridgehead atoms. The van der Waals surface area contributed by atoms with Crippen LogP contribution in [-0.2, 0) is 9.59 Å². The summed E-state index contributed by atoms with van der Waals surface area (Å²) in [7, 11) is 0. The van der Waals surface area contributed by atoms with Crippen molar-refractivity contribution in [2.75, 3.05) is 16.8 Å². The third kappa shape index (κ3) is 4.36. The Balaban J connectivity index is 1.67. The topological polar surface area (TPSA) is 71.5 Å². The molecule has 160 valence electrons. The number of ether oxygens (including phenoxy) is 1. The highest BCUT2D eigenvalue weighted by Crippen LogP contribution is 2.39. The molecule has 1 aliphatic heterocycles. The lowest BCUT2D eigenvalue weighted by Gasteiger charge is -2.34. The molecule has 0 radical (unpaired) electrons. The first-order chi connectivity index (χ1) is 14.9. The second-order valence-corrected chi connectivity index (χ2v) is 9.55. The van der Waals surface area contributed by atoms with Crippen molar-refractivity contribution >= 4 is 50.5 Å². The number of carbonyl (C=O) groups excluding carboxylic acids is 2. The van der Waals surface area contributed by atoms with Crippen molar-refractivity contribution in [1.82, 2.24) is 4.98 Å². The molecule has 0 aliphatic carbocycles. The summed E-state index contributed by atoms with van der Waals surface area (Å²) in [5.41, 5.74) is 3.01. The van der Waals surface area contributed by atoms with Crippen LogP contribution in [0.15, 0.2) is 46.9 Å². The molecule has 1 aromatic heterocycles. The largest absolute Gasteiger partial charge is 0.478 e. The van der Waals surface area contributed by atoms with Gasteiger partial charge in [-0.05, 0) is 66.5 Å². The molecule has 31 heavy (non-hydrogen) atoms. The van der Waals surface area contributed by atoms with Gasteiger partial charge in [-0.15, -0.1) is 11.3 Å². The zero-order valence-electron chi connectivity index (χ0n) is 17.4. The molecule has 1 unspecified atom stereocenters. The number of carbonyl (C=O) groups is 2. The molecule has 2 amide bonds. The molecule has 2 aromatic carbocycles. The monoisotopic (exact) mass is 499 g/mol. The van der Waals surface area contributed by atoms with Gasteiger partial charge in [0.15, 0.2) is 6.10 Å². The number of rotatable bonds is 5. The van der Waals surface area contributed by atoms with Crippen molar-refractivity contribution in [2.24, 2.45) is 0 Å². The minimum atomic E-state index is -0.613. The third-order valence-corrected chi connectivity index (χ3v) is 6.64. The standard InChI is InChI=1S/C23H22BrN3O3S/c1-4-19-23(29)27(12-21(28)26-17-8-6-5-7-16(17)24)18-11-15(9-10-20(18)30-19)22-13(2)31-14(3)25-22/h5-11,19H,4,12H2,1-3H3,(H,26,28). The van der Waals surface area contributed by atoms with Gasteiger partial charge in [-0.2, -0.15) is 0 Å². The fourth-order valence-corrected chi connectivity index (χ4v) is 4.81. The second kappa shape index (κ2) is 8.80. The van der Waals surface area contributed by atoms with E-state index in [1.165, 1.54) is 4.90 Å². The Hall–Kier alpha value is -2.71. The van der Waals surface area contributed by atoms with Crippen molar-refractivity contribution in [1.29, 1.82) is 0 Å². The second-order valence-electron chi connectivity index (χ2n) is 7.29. The number of nitrogens with zero attached hydrogens (tertiary/aromatic N) is 2. The number of para-hydroxylation sites is 1. The quantitative estimate of drug-likeness (QED) is 0.514. The fourth-order valence-electron chi connectivity index (χ4n) is 3.59. The lowest BCUT2D eigenvalue weighted by atomic mass is 10.1. The number of nitrogens with one attached hydrogen (secondary N) is 1. The molecule has 4 rings (SSSR count). The van der Waals surface area contributed by atoms with Crippen molar-refractivity contribution in [2.45, 2.75) is 33.3 Å². The van der Waals surface area contributed by atoms with Gasteiger partial charge in [-0.25, -0.2) is 4.98 Å². The highest BCUT2D eigenvalue weighted by Gasteiger charge is 2.35. The Morgan fingerprint density at radius 1 is 1.26 bits per heavy atom. The summed E-state index contributed by atoms with van der Waals surface area (Å²) in [6, 6.07) is 13.0. The number of halogens is 1. The van der Waals surface area contributed by atoms with E-state index in [0.717, 1.165) is 25.6 Å². The van der Waals surface area contributed by atoms with Gasteiger partial charge in [-0.3, -0.25) is 14.5 Å².